The van der Waals surface area contributed by atoms with E-state index in [-0.39, 0.29) is 11.9 Å². The van der Waals surface area contributed by atoms with Gasteiger partial charge < -0.3 is 5.32 Å². The molecule has 1 aliphatic rings. The molecule has 1 fully saturated rings. The van der Waals surface area contributed by atoms with Crippen molar-refractivity contribution in [3.05, 3.63) is 44.3 Å². The Morgan fingerprint density at radius 1 is 1.28 bits per heavy atom. The van der Waals surface area contributed by atoms with E-state index in [0.717, 1.165) is 51.2 Å². The minimum absolute atomic E-state index is 0.00510. The van der Waals surface area contributed by atoms with Crippen LogP contribution in [0.5, 0.6) is 0 Å². The monoisotopic (exact) mass is 428 g/mol. The van der Waals surface area contributed by atoms with Crippen LogP contribution in [0.2, 0.25) is 0 Å². The first-order valence-corrected chi connectivity index (χ1v) is 11.9. The van der Waals surface area contributed by atoms with Gasteiger partial charge in [-0.05, 0) is 69.6 Å². The average molecular weight is 429 g/mol. The van der Waals surface area contributed by atoms with Gasteiger partial charge >= 0.3 is 0 Å². The fourth-order valence-corrected chi connectivity index (χ4v) is 6.25. The van der Waals surface area contributed by atoms with E-state index in [4.69, 9.17) is 0 Å². The third-order valence-electron chi connectivity index (χ3n) is 5.88. The molecule has 5 nitrogen and oxygen atoms in total. The summed E-state index contributed by atoms with van der Waals surface area (Å²) in [6.07, 6.45) is 2.45. The molecule has 0 aromatic carbocycles. The number of hydrogen-bond acceptors (Lipinski definition) is 6. The van der Waals surface area contributed by atoms with Crippen molar-refractivity contribution in [1.82, 2.24) is 20.2 Å². The molecule has 1 amide bonds. The van der Waals surface area contributed by atoms with Crippen LogP contribution in [-0.4, -0.2) is 40.4 Å². The summed E-state index contributed by atoms with van der Waals surface area (Å²) in [6.45, 7) is 11.0. The first-order chi connectivity index (χ1) is 13.9. The van der Waals surface area contributed by atoms with Crippen LogP contribution < -0.4 is 5.32 Å². The fourth-order valence-electron chi connectivity index (χ4n) is 4.19. The number of nitrogens with zero attached hydrogens (tertiary/aromatic N) is 3. The molecule has 1 aliphatic heterocycles. The summed E-state index contributed by atoms with van der Waals surface area (Å²) in [6, 6.07) is 4.53. The lowest BCUT2D eigenvalue weighted by molar-refractivity contribution is 0.0918. The second-order valence-corrected chi connectivity index (χ2v) is 10.0. The van der Waals surface area contributed by atoms with Crippen molar-refractivity contribution in [2.24, 2.45) is 5.92 Å². The number of nitrogens with one attached hydrogen (secondary N) is 1. The van der Waals surface area contributed by atoms with Gasteiger partial charge in [0.1, 0.15) is 10.7 Å². The van der Waals surface area contributed by atoms with Gasteiger partial charge in [-0.1, -0.05) is 13.0 Å². The molecule has 7 heteroatoms. The molecule has 0 saturated carbocycles. The first kappa shape index (κ1) is 20.4. The maximum atomic E-state index is 13.1. The standard InChI is InChI=1S/C22H28N4OS2/c1-13-7-9-26(10-8-13)17(18-6-5-11-28-18)12-23-21(27)20-14(2)19-15(3)24-16(4)25-22(19)29-20/h5-6,11,13,17H,7-10,12H2,1-4H3,(H,23,27)/t17-/m1/s1. The topological polar surface area (TPSA) is 58.1 Å². The molecule has 4 rings (SSSR count). The van der Waals surface area contributed by atoms with Crippen LogP contribution in [-0.2, 0) is 0 Å². The molecule has 0 unspecified atom stereocenters. The predicted octanol–water partition coefficient (Wildman–Crippen LogP) is 4.88. The van der Waals surface area contributed by atoms with E-state index in [9.17, 15) is 4.79 Å². The second-order valence-electron chi connectivity index (χ2n) is 8.05. The molecule has 0 radical (unpaired) electrons. The number of aryl methyl sites for hydroxylation is 3. The van der Waals surface area contributed by atoms with Gasteiger partial charge in [0.05, 0.1) is 10.9 Å². The molecule has 0 aliphatic carbocycles. The van der Waals surface area contributed by atoms with Crippen molar-refractivity contribution in [1.29, 1.82) is 0 Å². The Morgan fingerprint density at radius 2 is 2.03 bits per heavy atom. The Morgan fingerprint density at radius 3 is 2.72 bits per heavy atom. The summed E-state index contributed by atoms with van der Waals surface area (Å²) in [5, 5.41) is 6.36. The lowest BCUT2D eigenvalue weighted by atomic mass is 9.97. The Hall–Kier alpha value is -1.83. The molecule has 29 heavy (non-hydrogen) atoms. The van der Waals surface area contributed by atoms with E-state index in [1.54, 1.807) is 11.3 Å². The quantitative estimate of drug-likeness (QED) is 0.629. The molecule has 0 bridgehead atoms. The number of piperidine rings is 1. The van der Waals surface area contributed by atoms with E-state index < -0.39 is 0 Å². The number of thiophene rings is 2. The van der Waals surface area contributed by atoms with Gasteiger partial charge in [0, 0.05) is 22.5 Å². The summed E-state index contributed by atoms with van der Waals surface area (Å²) in [7, 11) is 0. The summed E-state index contributed by atoms with van der Waals surface area (Å²) >= 11 is 3.25. The molecule has 1 N–H and O–H groups in total. The van der Waals surface area contributed by atoms with Gasteiger partial charge in [0.2, 0.25) is 0 Å². The lowest BCUT2D eigenvalue weighted by Gasteiger charge is -2.36. The van der Waals surface area contributed by atoms with Crippen molar-refractivity contribution in [2.45, 2.75) is 46.6 Å². The number of carbonyl (C=O) groups excluding carboxylic acids is 1. The Bertz CT molecular complexity index is 1000. The number of amides is 1. The first-order valence-electron chi connectivity index (χ1n) is 10.2. The summed E-state index contributed by atoms with van der Waals surface area (Å²) in [5.74, 6) is 1.54. The maximum absolute atomic E-state index is 13.1. The molecule has 3 aromatic rings. The molecule has 1 saturated heterocycles. The van der Waals surface area contributed by atoms with Gasteiger partial charge in [-0.3, -0.25) is 9.69 Å². The zero-order valence-electron chi connectivity index (χ0n) is 17.5. The molecule has 154 valence electrons. The number of likely N-dealkylation sites (tertiary alicyclic amines) is 1. The van der Waals surface area contributed by atoms with Gasteiger partial charge in [-0.15, -0.1) is 22.7 Å². The Kier molecular flexibility index (Phi) is 5.99. The number of carbonyl (C=O) groups is 1. The SMILES string of the molecule is Cc1nc(C)c2c(C)c(C(=O)NC[C@H](c3cccs3)N3CCC(C)CC3)sc2n1. The van der Waals surface area contributed by atoms with Crippen molar-refractivity contribution in [3.63, 3.8) is 0 Å². The van der Waals surface area contributed by atoms with Gasteiger partial charge in [-0.2, -0.15) is 0 Å². The van der Waals surface area contributed by atoms with Crippen LogP contribution in [0.4, 0.5) is 0 Å². The van der Waals surface area contributed by atoms with E-state index in [1.165, 1.54) is 29.1 Å². The molecule has 0 spiro atoms. The number of aromatic nitrogens is 2. The predicted molar refractivity (Wildman–Crippen MR) is 121 cm³/mol. The van der Waals surface area contributed by atoms with E-state index in [2.05, 4.69) is 44.6 Å². The van der Waals surface area contributed by atoms with Crippen molar-refractivity contribution >= 4 is 38.8 Å². The Labute approximate surface area is 180 Å². The minimum Gasteiger partial charge on any atom is -0.349 e. The zero-order chi connectivity index (χ0) is 20.5. The molecular formula is C22H28N4OS2. The normalized spacial score (nSPS) is 17.0. The van der Waals surface area contributed by atoms with E-state index in [1.807, 2.05) is 20.8 Å². The van der Waals surface area contributed by atoms with Crippen molar-refractivity contribution < 1.29 is 4.79 Å². The second kappa shape index (κ2) is 8.50. The molecular weight excluding hydrogens is 400 g/mol. The zero-order valence-corrected chi connectivity index (χ0v) is 19.1. The van der Waals surface area contributed by atoms with Crippen molar-refractivity contribution in [2.75, 3.05) is 19.6 Å². The largest absolute Gasteiger partial charge is 0.349 e. The average Bonchev–Trinajstić information content (AvgIpc) is 3.31. The summed E-state index contributed by atoms with van der Waals surface area (Å²) in [5.41, 5.74) is 1.93. The number of fused-ring (bicyclic) bond motifs is 1. The van der Waals surface area contributed by atoms with Gasteiger partial charge in [-0.25, -0.2) is 9.97 Å². The third-order valence-corrected chi connectivity index (χ3v) is 8.03. The van der Waals surface area contributed by atoms with Crippen LogP contribution >= 0.6 is 22.7 Å². The van der Waals surface area contributed by atoms with E-state index in [0.29, 0.717) is 6.54 Å². The molecule has 4 heterocycles. The number of rotatable bonds is 5. The summed E-state index contributed by atoms with van der Waals surface area (Å²) < 4.78 is 0. The molecule has 1 atom stereocenters. The highest BCUT2D eigenvalue weighted by molar-refractivity contribution is 7.20. The molecule has 3 aromatic heterocycles. The van der Waals surface area contributed by atoms with Crippen LogP contribution in [0.15, 0.2) is 17.5 Å². The fraction of sp³-hybridized carbons (Fsp3) is 0.500. The third kappa shape index (κ3) is 4.22. The van der Waals surface area contributed by atoms with Crippen LogP contribution in [0.1, 0.15) is 57.4 Å². The highest BCUT2D eigenvalue weighted by atomic mass is 32.1. The maximum Gasteiger partial charge on any atom is 0.261 e. The minimum atomic E-state index is -0.00510. The Balaban J connectivity index is 1.53. The van der Waals surface area contributed by atoms with Gasteiger partial charge in [0.15, 0.2) is 0 Å². The van der Waals surface area contributed by atoms with E-state index >= 15 is 0 Å². The van der Waals surface area contributed by atoms with Crippen LogP contribution in [0.3, 0.4) is 0 Å². The lowest BCUT2D eigenvalue weighted by Crippen LogP contribution is -2.41. The highest BCUT2D eigenvalue weighted by Crippen LogP contribution is 2.32. The van der Waals surface area contributed by atoms with Crippen LogP contribution in [0, 0.1) is 26.7 Å². The highest BCUT2D eigenvalue weighted by Gasteiger charge is 2.26. The summed E-state index contributed by atoms with van der Waals surface area (Å²) in [4.78, 5) is 27.6. The number of hydrogen-bond donors (Lipinski definition) is 1. The van der Waals surface area contributed by atoms with Crippen molar-refractivity contribution in [3.8, 4) is 0 Å². The van der Waals surface area contributed by atoms with Crippen LogP contribution in [0.25, 0.3) is 10.2 Å². The smallest absolute Gasteiger partial charge is 0.261 e. The van der Waals surface area contributed by atoms with Gasteiger partial charge in [0.25, 0.3) is 5.91 Å².